The molecule has 0 atom stereocenters. The van der Waals surface area contributed by atoms with Crippen LogP contribution in [0.2, 0.25) is 0 Å². The van der Waals surface area contributed by atoms with Crippen molar-refractivity contribution in [2.75, 3.05) is 16.0 Å². The second-order valence-electron chi connectivity index (χ2n) is 12.2. The predicted molar refractivity (Wildman–Crippen MR) is 215 cm³/mol. The average molecular weight is 654 g/mol. The molecule has 0 amide bonds. The molecule has 8 rings (SSSR count). The molecule has 51 heavy (non-hydrogen) atoms. The van der Waals surface area contributed by atoms with E-state index >= 15 is 0 Å². The van der Waals surface area contributed by atoms with Crippen LogP contribution in [0.4, 0.5) is 22.7 Å². The van der Waals surface area contributed by atoms with Crippen molar-refractivity contribution in [2.24, 2.45) is 0 Å². The van der Waals surface area contributed by atoms with E-state index in [1.807, 2.05) is 24.3 Å². The number of hydrogen-bond donors (Lipinski definition) is 3. The highest BCUT2D eigenvalue weighted by molar-refractivity contribution is 5.96. The smallest absolute Gasteiger partial charge is 0.100 e. The zero-order valence-corrected chi connectivity index (χ0v) is 28.0. The van der Waals surface area contributed by atoms with Gasteiger partial charge in [-0.25, -0.2) is 0 Å². The van der Waals surface area contributed by atoms with Gasteiger partial charge in [0.1, 0.15) is 5.70 Å². The first-order valence-corrected chi connectivity index (χ1v) is 17.1. The molecule has 0 aliphatic heterocycles. The van der Waals surface area contributed by atoms with Gasteiger partial charge in [-0.15, -0.1) is 0 Å². The van der Waals surface area contributed by atoms with Gasteiger partial charge in [-0.3, -0.25) is 0 Å². The van der Waals surface area contributed by atoms with Gasteiger partial charge in [-0.1, -0.05) is 170 Å². The van der Waals surface area contributed by atoms with Crippen LogP contribution in [0, 0.1) is 0 Å². The Bertz CT molecular complexity index is 2430. The van der Waals surface area contributed by atoms with Gasteiger partial charge in [-0.05, 0) is 52.3 Å². The molecule has 0 aromatic heterocycles. The monoisotopic (exact) mass is 653 g/mol. The largest absolute Gasteiger partial charge is 0.354 e. The first-order chi connectivity index (χ1) is 25.3. The van der Waals surface area contributed by atoms with Gasteiger partial charge >= 0.3 is 0 Å². The third-order valence-electron chi connectivity index (χ3n) is 8.94. The van der Waals surface area contributed by atoms with E-state index < -0.39 is 0 Å². The minimum atomic E-state index is 0.822. The van der Waals surface area contributed by atoms with E-state index in [4.69, 9.17) is 0 Å². The Morgan fingerprint density at radius 1 is 0.333 bits per heavy atom. The van der Waals surface area contributed by atoms with Crippen molar-refractivity contribution in [1.82, 2.24) is 0 Å². The third kappa shape index (κ3) is 6.81. The van der Waals surface area contributed by atoms with Crippen molar-refractivity contribution in [2.45, 2.75) is 0 Å². The van der Waals surface area contributed by atoms with Gasteiger partial charge in [0.15, 0.2) is 0 Å². The molecular formula is C48H35N3. The van der Waals surface area contributed by atoms with Gasteiger partial charge < -0.3 is 16.0 Å². The molecule has 0 spiro atoms. The van der Waals surface area contributed by atoms with Crippen molar-refractivity contribution in [1.29, 1.82) is 0 Å². The predicted octanol–water partition coefficient (Wildman–Crippen LogP) is 12.6. The van der Waals surface area contributed by atoms with Gasteiger partial charge in [0.2, 0.25) is 0 Å². The fourth-order valence-electron chi connectivity index (χ4n) is 6.57. The lowest BCUT2D eigenvalue weighted by atomic mass is 9.96. The summed E-state index contributed by atoms with van der Waals surface area (Å²) in [5.74, 6) is 0. The average Bonchev–Trinajstić information content (AvgIpc) is 3.20. The van der Waals surface area contributed by atoms with E-state index in [0.717, 1.165) is 78.7 Å². The highest BCUT2D eigenvalue weighted by Gasteiger charge is 2.20. The van der Waals surface area contributed by atoms with Gasteiger partial charge in [0.25, 0.3) is 0 Å². The van der Waals surface area contributed by atoms with Crippen LogP contribution in [-0.2, 0) is 0 Å². The molecule has 7 aromatic rings. The van der Waals surface area contributed by atoms with Crippen LogP contribution >= 0.6 is 0 Å². The summed E-state index contributed by atoms with van der Waals surface area (Å²) in [6, 6.07) is 65.2. The van der Waals surface area contributed by atoms with E-state index in [1.165, 1.54) is 0 Å². The Balaban J connectivity index is 1.22. The molecule has 0 heterocycles. The Labute approximate surface area is 299 Å². The van der Waals surface area contributed by atoms with Gasteiger partial charge in [0.05, 0.1) is 5.70 Å². The summed E-state index contributed by atoms with van der Waals surface area (Å²) in [6.07, 6.45) is 1.98. The molecule has 242 valence electrons. The lowest BCUT2D eigenvalue weighted by Gasteiger charge is -2.23. The summed E-state index contributed by atoms with van der Waals surface area (Å²) in [5, 5.41) is 11.4. The summed E-state index contributed by atoms with van der Waals surface area (Å²) >= 11 is 0. The quantitative estimate of drug-likeness (QED) is 0.129. The Kier molecular flexibility index (Phi) is 8.96. The van der Waals surface area contributed by atoms with Crippen LogP contribution in [0.5, 0.6) is 0 Å². The summed E-state index contributed by atoms with van der Waals surface area (Å²) in [7, 11) is 0. The highest BCUT2D eigenvalue weighted by Crippen LogP contribution is 2.41. The molecule has 1 aliphatic carbocycles. The number of nitrogens with one attached hydrogen (secondary N) is 3. The minimum absolute atomic E-state index is 0.822. The van der Waals surface area contributed by atoms with Crippen LogP contribution in [-0.4, -0.2) is 0 Å². The normalized spacial score (nSPS) is 12.0. The molecule has 0 bridgehead atoms. The van der Waals surface area contributed by atoms with Crippen molar-refractivity contribution in [3.05, 3.63) is 223 Å². The van der Waals surface area contributed by atoms with E-state index in [2.05, 4.69) is 197 Å². The maximum Gasteiger partial charge on any atom is 0.100 e. The third-order valence-corrected chi connectivity index (χ3v) is 8.94. The van der Waals surface area contributed by atoms with Crippen molar-refractivity contribution in [3.8, 4) is 33.4 Å². The van der Waals surface area contributed by atoms with Gasteiger partial charge in [-0.2, -0.15) is 0 Å². The minimum Gasteiger partial charge on any atom is -0.354 e. The zero-order valence-electron chi connectivity index (χ0n) is 28.0. The number of allylic oxidation sites excluding steroid dienone is 2. The fraction of sp³-hybridized carbons (Fsp3) is 0. The van der Waals surface area contributed by atoms with Crippen LogP contribution in [0.25, 0.3) is 39.0 Å². The molecular weight excluding hydrogens is 619 g/mol. The number of rotatable bonds is 10. The van der Waals surface area contributed by atoms with Crippen LogP contribution in [0.1, 0.15) is 5.56 Å². The Morgan fingerprint density at radius 3 is 1.33 bits per heavy atom. The topological polar surface area (TPSA) is 36.1 Å². The number of hydrogen-bond acceptors (Lipinski definition) is 3. The Hall–Kier alpha value is -7.02. The summed E-state index contributed by atoms with van der Waals surface area (Å²) < 4.78 is 0. The molecule has 3 nitrogen and oxygen atoms in total. The molecule has 3 N–H and O–H groups in total. The summed E-state index contributed by atoms with van der Waals surface area (Å²) in [6.45, 7) is 0. The van der Waals surface area contributed by atoms with E-state index in [-0.39, 0.29) is 0 Å². The van der Waals surface area contributed by atoms with E-state index in [9.17, 15) is 0 Å². The van der Waals surface area contributed by atoms with E-state index in [0.29, 0.717) is 0 Å². The highest BCUT2D eigenvalue weighted by atomic mass is 14.9. The fourth-order valence-corrected chi connectivity index (χ4v) is 6.57. The maximum absolute atomic E-state index is 3.82. The molecule has 1 aliphatic rings. The molecule has 0 saturated heterocycles. The molecule has 3 heteroatoms. The zero-order chi connectivity index (χ0) is 34.2. The number of para-hydroxylation sites is 2. The summed E-state index contributed by atoms with van der Waals surface area (Å²) in [4.78, 5) is 0. The van der Waals surface area contributed by atoms with Crippen molar-refractivity contribution < 1.29 is 0 Å². The lowest BCUT2D eigenvalue weighted by Crippen LogP contribution is -2.11. The second-order valence-corrected chi connectivity index (χ2v) is 12.2. The SMILES string of the molecule is C1=C=C(Nc2cccc(Nc3ccccc3-c3ccccc3)c2-c2ccccc2)C(c2ccccc2)=C(Nc2ccccc2-c2ccccc2)C=1. The van der Waals surface area contributed by atoms with Gasteiger partial charge in [0, 0.05) is 51.1 Å². The van der Waals surface area contributed by atoms with E-state index in [1.54, 1.807) is 0 Å². The van der Waals surface area contributed by atoms with Crippen LogP contribution in [0.3, 0.4) is 0 Å². The standard InChI is InChI=1S/C48H35N3/c1-5-19-35(20-6-1)39-27-13-15-29-41(39)49-43-31-17-33-45(47(43)37-23-9-3-10-24-37)51-46-34-18-32-44(48(46)38-25-11-4-12-26-38)50-42-30-16-14-28-40(42)36-21-7-2-8-22-36/h1-17,19-33,49-51H. The Morgan fingerprint density at radius 2 is 0.765 bits per heavy atom. The van der Waals surface area contributed by atoms with Crippen LogP contribution < -0.4 is 16.0 Å². The first-order valence-electron chi connectivity index (χ1n) is 17.1. The van der Waals surface area contributed by atoms with Crippen molar-refractivity contribution >= 4 is 28.3 Å². The molecule has 0 unspecified atom stereocenters. The number of benzene rings is 7. The second kappa shape index (κ2) is 14.6. The molecule has 0 radical (unpaired) electrons. The molecule has 7 aromatic carbocycles. The lowest BCUT2D eigenvalue weighted by molar-refractivity contribution is 1.39. The number of anilines is 4. The molecule has 0 saturated carbocycles. The first kappa shape index (κ1) is 31.3. The maximum atomic E-state index is 3.82. The van der Waals surface area contributed by atoms with Crippen molar-refractivity contribution in [3.63, 3.8) is 0 Å². The van der Waals surface area contributed by atoms with Crippen LogP contribution in [0.15, 0.2) is 217 Å². The summed E-state index contributed by atoms with van der Waals surface area (Å²) in [5.41, 5.74) is 21.3. The molecule has 0 fully saturated rings.